The summed E-state index contributed by atoms with van der Waals surface area (Å²) in [5, 5.41) is 9.52. The van der Waals surface area contributed by atoms with Gasteiger partial charge in [-0.2, -0.15) is 4.31 Å². The van der Waals surface area contributed by atoms with Gasteiger partial charge in [0.05, 0.1) is 15.8 Å². The van der Waals surface area contributed by atoms with Crippen molar-refractivity contribution in [1.82, 2.24) is 4.31 Å². The van der Waals surface area contributed by atoms with Gasteiger partial charge < -0.3 is 9.84 Å². The molecular formula is C16H20ClNO5S. The van der Waals surface area contributed by atoms with Crippen molar-refractivity contribution in [3.63, 3.8) is 0 Å². The highest BCUT2D eigenvalue weighted by Crippen LogP contribution is 2.39. The quantitative estimate of drug-likeness (QED) is 0.879. The number of rotatable bonds is 3. The maximum absolute atomic E-state index is 13.0. The minimum Gasteiger partial charge on any atom is -0.489 e. The van der Waals surface area contributed by atoms with Crippen LogP contribution in [0.4, 0.5) is 0 Å². The number of fused-ring (bicyclic) bond motifs is 1. The Labute approximate surface area is 146 Å². The molecule has 1 fully saturated rings. The standard InChI is InChI=1S/C16H20ClNO5S/c1-9-3-12(16(19)20)8-18(7-9)24(21,22)13-5-11-4-10(2)23-15(11)14(17)6-13/h5-6,9-10,12H,3-4,7-8H2,1-2H3,(H,19,20). The topological polar surface area (TPSA) is 83.9 Å². The summed E-state index contributed by atoms with van der Waals surface area (Å²) >= 11 is 6.19. The van der Waals surface area contributed by atoms with E-state index < -0.39 is 21.9 Å². The minimum atomic E-state index is -3.79. The normalized spacial score (nSPS) is 27.5. The summed E-state index contributed by atoms with van der Waals surface area (Å²) in [6, 6.07) is 2.98. The van der Waals surface area contributed by atoms with Crippen molar-refractivity contribution < 1.29 is 23.1 Å². The lowest BCUT2D eigenvalue weighted by Gasteiger charge is -2.33. The predicted molar refractivity (Wildman–Crippen MR) is 88.9 cm³/mol. The summed E-state index contributed by atoms with van der Waals surface area (Å²) in [7, 11) is -3.79. The van der Waals surface area contributed by atoms with Crippen molar-refractivity contribution >= 4 is 27.6 Å². The molecule has 2 aliphatic heterocycles. The van der Waals surface area contributed by atoms with Crippen molar-refractivity contribution in [2.45, 2.75) is 37.7 Å². The number of carboxylic acid groups (broad SMARTS) is 1. The lowest BCUT2D eigenvalue weighted by atomic mass is 9.92. The molecule has 1 aromatic carbocycles. The number of halogens is 1. The molecule has 0 amide bonds. The molecule has 1 N–H and O–H groups in total. The molecule has 3 atom stereocenters. The van der Waals surface area contributed by atoms with Gasteiger partial charge >= 0.3 is 5.97 Å². The molecule has 2 aliphatic rings. The van der Waals surface area contributed by atoms with E-state index in [-0.39, 0.29) is 28.5 Å². The molecule has 0 radical (unpaired) electrons. The van der Waals surface area contributed by atoms with Crippen molar-refractivity contribution in [3.8, 4) is 5.75 Å². The van der Waals surface area contributed by atoms with Crippen LogP contribution in [0.1, 0.15) is 25.8 Å². The monoisotopic (exact) mass is 373 g/mol. The Morgan fingerprint density at radius 2 is 2.04 bits per heavy atom. The summed E-state index contributed by atoms with van der Waals surface area (Å²) in [6.07, 6.45) is 1.05. The number of benzene rings is 1. The van der Waals surface area contributed by atoms with Crippen LogP contribution in [0.25, 0.3) is 0 Å². The molecule has 0 aliphatic carbocycles. The van der Waals surface area contributed by atoms with E-state index >= 15 is 0 Å². The van der Waals surface area contributed by atoms with Crippen LogP contribution < -0.4 is 4.74 Å². The predicted octanol–water partition coefficient (Wildman–Crippen LogP) is 2.39. The number of carboxylic acids is 1. The summed E-state index contributed by atoms with van der Waals surface area (Å²) in [6.45, 7) is 4.06. The number of carbonyl (C=O) groups is 1. The lowest BCUT2D eigenvalue weighted by molar-refractivity contribution is -0.143. The Balaban J connectivity index is 1.95. The van der Waals surface area contributed by atoms with Crippen LogP contribution in [0, 0.1) is 11.8 Å². The lowest BCUT2D eigenvalue weighted by Crippen LogP contribution is -2.45. The fraction of sp³-hybridized carbons (Fsp3) is 0.562. The summed E-state index contributed by atoms with van der Waals surface area (Å²) < 4.78 is 32.8. The third-order valence-electron chi connectivity index (χ3n) is 4.53. The van der Waals surface area contributed by atoms with Crippen LogP contribution in [0.5, 0.6) is 5.75 Å². The van der Waals surface area contributed by atoms with Gasteiger partial charge in [0.2, 0.25) is 10.0 Å². The Morgan fingerprint density at radius 3 is 2.71 bits per heavy atom. The first-order chi connectivity index (χ1) is 11.2. The molecule has 1 saturated heterocycles. The molecule has 6 nitrogen and oxygen atoms in total. The molecule has 0 spiro atoms. The van der Waals surface area contributed by atoms with Crippen LogP contribution in [0.3, 0.4) is 0 Å². The smallest absolute Gasteiger partial charge is 0.307 e. The maximum Gasteiger partial charge on any atom is 0.307 e. The fourth-order valence-corrected chi connectivity index (χ4v) is 5.47. The first-order valence-corrected chi connectivity index (χ1v) is 9.72. The van der Waals surface area contributed by atoms with Gasteiger partial charge in [-0.15, -0.1) is 0 Å². The molecule has 1 aromatic rings. The average molecular weight is 374 g/mol. The van der Waals surface area contributed by atoms with E-state index in [0.29, 0.717) is 25.1 Å². The summed E-state index contributed by atoms with van der Waals surface area (Å²) in [5.41, 5.74) is 0.772. The van der Waals surface area contributed by atoms with Gasteiger partial charge in [-0.1, -0.05) is 18.5 Å². The second-order valence-electron chi connectivity index (χ2n) is 6.72. The molecule has 8 heteroatoms. The number of aliphatic carboxylic acids is 1. The van der Waals surface area contributed by atoms with E-state index in [4.69, 9.17) is 16.3 Å². The second kappa shape index (κ2) is 6.20. The zero-order valence-electron chi connectivity index (χ0n) is 13.5. The Morgan fingerprint density at radius 1 is 1.33 bits per heavy atom. The molecule has 3 unspecified atom stereocenters. The van der Waals surface area contributed by atoms with Gasteiger partial charge in [0, 0.05) is 25.1 Å². The minimum absolute atomic E-state index is 0.0103. The average Bonchev–Trinajstić information content (AvgIpc) is 2.87. The van der Waals surface area contributed by atoms with Crippen molar-refractivity contribution in [2.75, 3.05) is 13.1 Å². The first-order valence-electron chi connectivity index (χ1n) is 7.90. The fourth-order valence-electron chi connectivity index (χ4n) is 3.43. The molecule has 0 aromatic heterocycles. The highest BCUT2D eigenvalue weighted by molar-refractivity contribution is 7.89. The van der Waals surface area contributed by atoms with Gasteiger partial charge in [0.1, 0.15) is 11.9 Å². The number of nitrogens with zero attached hydrogens (tertiary/aromatic N) is 1. The van der Waals surface area contributed by atoms with Crippen LogP contribution >= 0.6 is 11.6 Å². The molecule has 132 valence electrons. The van der Waals surface area contributed by atoms with Gasteiger partial charge in [0.25, 0.3) is 0 Å². The Hall–Kier alpha value is -1.31. The SMILES string of the molecule is CC1CC(C(=O)O)CN(S(=O)(=O)c2cc(Cl)c3c(c2)CC(C)O3)C1. The number of hydrogen-bond acceptors (Lipinski definition) is 4. The van der Waals surface area contributed by atoms with E-state index in [1.165, 1.54) is 10.4 Å². The van der Waals surface area contributed by atoms with Gasteiger partial charge in [-0.3, -0.25) is 4.79 Å². The first kappa shape index (κ1) is 17.5. The summed E-state index contributed by atoms with van der Waals surface area (Å²) in [4.78, 5) is 11.4. The molecule has 0 bridgehead atoms. The third-order valence-corrected chi connectivity index (χ3v) is 6.62. The molecular weight excluding hydrogens is 354 g/mol. The number of hydrogen-bond donors (Lipinski definition) is 1. The van der Waals surface area contributed by atoms with Gasteiger partial charge in [-0.05, 0) is 31.4 Å². The van der Waals surface area contributed by atoms with Crippen molar-refractivity contribution in [2.24, 2.45) is 11.8 Å². The van der Waals surface area contributed by atoms with E-state index in [0.717, 1.165) is 5.56 Å². The second-order valence-corrected chi connectivity index (χ2v) is 9.07. The summed E-state index contributed by atoms with van der Waals surface area (Å²) in [5.74, 6) is -1.12. The largest absolute Gasteiger partial charge is 0.489 e. The number of sulfonamides is 1. The van der Waals surface area contributed by atoms with Crippen molar-refractivity contribution in [3.05, 3.63) is 22.7 Å². The number of piperidine rings is 1. The van der Waals surface area contributed by atoms with Crippen LogP contribution in [-0.2, 0) is 21.2 Å². The molecule has 3 rings (SSSR count). The highest BCUT2D eigenvalue weighted by atomic mass is 35.5. The zero-order chi connectivity index (χ0) is 17.6. The van der Waals surface area contributed by atoms with E-state index in [2.05, 4.69) is 0 Å². The number of ether oxygens (including phenoxy) is 1. The molecule has 2 heterocycles. The van der Waals surface area contributed by atoms with Crippen LogP contribution in [0.2, 0.25) is 5.02 Å². The Bertz CT molecular complexity index is 779. The maximum atomic E-state index is 13.0. The van der Waals surface area contributed by atoms with Gasteiger partial charge in [-0.25, -0.2) is 8.42 Å². The molecule has 0 saturated carbocycles. The third kappa shape index (κ3) is 3.12. The van der Waals surface area contributed by atoms with E-state index in [1.807, 2.05) is 13.8 Å². The van der Waals surface area contributed by atoms with E-state index in [9.17, 15) is 18.3 Å². The van der Waals surface area contributed by atoms with Crippen LogP contribution in [-0.4, -0.2) is 43.0 Å². The highest BCUT2D eigenvalue weighted by Gasteiger charge is 2.37. The zero-order valence-corrected chi connectivity index (χ0v) is 15.1. The van der Waals surface area contributed by atoms with E-state index in [1.54, 1.807) is 6.07 Å². The molecule has 24 heavy (non-hydrogen) atoms. The van der Waals surface area contributed by atoms with Crippen LogP contribution in [0.15, 0.2) is 17.0 Å². The van der Waals surface area contributed by atoms with Gasteiger partial charge in [0.15, 0.2) is 0 Å². The Kier molecular flexibility index (Phi) is 4.53. The van der Waals surface area contributed by atoms with Crippen molar-refractivity contribution in [1.29, 1.82) is 0 Å².